The van der Waals surface area contributed by atoms with Crippen molar-refractivity contribution in [2.75, 3.05) is 13.7 Å². The highest BCUT2D eigenvalue weighted by Crippen LogP contribution is 2.19. The molecule has 0 aliphatic heterocycles. The summed E-state index contributed by atoms with van der Waals surface area (Å²) in [5, 5.41) is 2.56. The Hall–Kier alpha value is -3.16. The molecule has 0 bridgehead atoms. The number of H-pyrrole nitrogens is 1. The predicted octanol–water partition coefficient (Wildman–Crippen LogP) is 2.03. The minimum absolute atomic E-state index is 0.0919. The fourth-order valence-corrected chi connectivity index (χ4v) is 2.42. The second kappa shape index (κ2) is 8.28. The Kier molecular flexibility index (Phi) is 6.11. The van der Waals surface area contributed by atoms with Crippen LogP contribution >= 0.6 is 0 Å². The van der Waals surface area contributed by atoms with E-state index in [9.17, 15) is 18.8 Å². The molecule has 1 aromatic heterocycles. The number of ether oxygens (including phenoxy) is 2. The highest BCUT2D eigenvalue weighted by atomic mass is 19.1. The van der Waals surface area contributed by atoms with Crippen molar-refractivity contribution in [2.24, 2.45) is 0 Å². The molecule has 8 heteroatoms. The van der Waals surface area contributed by atoms with Gasteiger partial charge >= 0.3 is 11.9 Å². The van der Waals surface area contributed by atoms with Crippen molar-refractivity contribution in [1.29, 1.82) is 0 Å². The molecular formula is C18H19FN2O5. The van der Waals surface area contributed by atoms with Gasteiger partial charge in [0.25, 0.3) is 5.91 Å². The van der Waals surface area contributed by atoms with E-state index in [0.717, 1.165) is 0 Å². The standard InChI is InChI=1S/C18H19FN2O5/c1-10-15(17(23)25-3)11(2)21-16(10)18(24)26-9-14(22)20-8-12-4-6-13(19)7-5-12/h4-7,21H,8-9H2,1-3H3,(H,20,22). The predicted molar refractivity (Wildman–Crippen MR) is 90.1 cm³/mol. The maximum atomic E-state index is 12.8. The number of nitrogens with one attached hydrogen (secondary N) is 2. The van der Waals surface area contributed by atoms with Gasteiger partial charge in [-0.2, -0.15) is 0 Å². The zero-order valence-corrected chi connectivity index (χ0v) is 14.6. The summed E-state index contributed by atoms with van der Waals surface area (Å²) >= 11 is 0. The first-order chi connectivity index (χ1) is 12.3. The largest absolute Gasteiger partial charge is 0.465 e. The van der Waals surface area contributed by atoms with Crippen LogP contribution in [0.4, 0.5) is 4.39 Å². The molecule has 26 heavy (non-hydrogen) atoms. The number of aromatic nitrogens is 1. The highest BCUT2D eigenvalue weighted by Gasteiger charge is 2.23. The molecule has 0 saturated heterocycles. The minimum Gasteiger partial charge on any atom is -0.465 e. The van der Waals surface area contributed by atoms with E-state index in [0.29, 0.717) is 16.8 Å². The Morgan fingerprint density at radius 2 is 1.77 bits per heavy atom. The number of esters is 2. The van der Waals surface area contributed by atoms with Gasteiger partial charge in [0.05, 0.1) is 12.7 Å². The lowest BCUT2D eigenvalue weighted by Gasteiger charge is -2.07. The third-order valence-electron chi connectivity index (χ3n) is 3.77. The molecule has 0 aliphatic rings. The van der Waals surface area contributed by atoms with Crippen molar-refractivity contribution in [3.05, 3.63) is 58.2 Å². The minimum atomic E-state index is -0.752. The first-order valence-corrected chi connectivity index (χ1v) is 7.79. The molecule has 0 spiro atoms. The Labute approximate surface area is 149 Å². The molecule has 2 rings (SSSR count). The topological polar surface area (TPSA) is 97.5 Å². The Morgan fingerprint density at radius 1 is 1.12 bits per heavy atom. The summed E-state index contributed by atoms with van der Waals surface area (Å²) < 4.78 is 22.5. The van der Waals surface area contributed by atoms with E-state index < -0.39 is 24.5 Å². The van der Waals surface area contributed by atoms with E-state index in [1.54, 1.807) is 26.0 Å². The monoisotopic (exact) mass is 362 g/mol. The van der Waals surface area contributed by atoms with Crippen molar-refractivity contribution in [2.45, 2.75) is 20.4 Å². The van der Waals surface area contributed by atoms with Crippen LogP contribution in [0.5, 0.6) is 0 Å². The van der Waals surface area contributed by atoms with Crippen molar-refractivity contribution in [1.82, 2.24) is 10.3 Å². The summed E-state index contributed by atoms with van der Waals surface area (Å²) in [6.07, 6.45) is 0. The summed E-state index contributed by atoms with van der Waals surface area (Å²) in [7, 11) is 1.25. The SMILES string of the molecule is COC(=O)c1c(C)[nH]c(C(=O)OCC(=O)NCc2ccc(F)cc2)c1C. The fourth-order valence-electron chi connectivity index (χ4n) is 2.42. The maximum Gasteiger partial charge on any atom is 0.355 e. The van der Waals surface area contributed by atoms with E-state index in [1.165, 1.54) is 19.2 Å². The third-order valence-corrected chi connectivity index (χ3v) is 3.77. The van der Waals surface area contributed by atoms with Crippen molar-refractivity contribution >= 4 is 17.8 Å². The molecule has 1 aromatic carbocycles. The molecule has 2 aromatic rings. The lowest BCUT2D eigenvalue weighted by molar-refractivity contribution is -0.124. The number of methoxy groups -OCH3 is 1. The quantitative estimate of drug-likeness (QED) is 0.767. The molecule has 2 N–H and O–H groups in total. The van der Waals surface area contributed by atoms with Crippen LogP contribution in [0.25, 0.3) is 0 Å². The Morgan fingerprint density at radius 3 is 2.38 bits per heavy atom. The molecule has 0 saturated carbocycles. The van der Waals surface area contributed by atoms with Crippen LogP contribution < -0.4 is 5.32 Å². The van der Waals surface area contributed by atoms with Crippen LogP contribution in [0, 0.1) is 19.7 Å². The summed E-state index contributed by atoms with van der Waals surface area (Å²) in [5.74, 6) is -2.18. The van der Waals surface area contributed by atoms with Gasteiger partial charge in [0.1, 0.15) is 11.5 Å². The molecule has 1 amide bonds. The fraction of sp³-hybridized carbons (Fsp3) is 0.278. The van der Waals surface area contributed by atoms with E-state index >= 15 is 0 Å². The van der Waals surface area contributed by atoms with E-state index in [1.807, 2.05) is 0 Å². The van der Waals surface area contributed by atoms with Gasteiger partial charge in [-0.25, -0.2) is 14.0 Å². The van der Waals surface area contributed by atoms with Gasteiger partial charge in [0.2, 0.25) is 0 Å². The van der Waals surface area contributed by atoms with E-state index in [2.05, 4.69) is 15.0 Å². The van der Waals surface area contributed by atoms with Gasteiger partial charge in [-0.3, -0.25) is 4.79 Å². The first-order valence-electron chi connectivity index (χ1n) is 7.79. The van der Waals surface area contributed by atoms with Crippen molar-refractivity contribution in [3.63, 3.8) is 0 Å². The zero-order valence-electron chi connectivity index (χ0n) is 14.6. The highest BCUT2D eigenvalue weighted by molar-refractivity contribution is 5.99. The second-order valence-electron chi connectivity index (χ2n) is 5.60. The van der Waals surface area contributed by atoms with E-state index in [4.69, 9.17) is 4.74 Å². The normalized spacial score (nSPS) is 10.3. The Balaban J connectivity index is 1.91. The lowest BCUT2D eigenvalue weighted by Crippen LogP contribution is -2.28. The number of hydrogen-bond acceptors (Lipinski definition) is 5. The Bertz CT molecular complexity index is 827. The van der Waals surface area contributed by atoms with Crippen LogP contribution in [0.15, 0.2) is 24.3 Å². The number of halogens is 1. The van der Waals surface area contributed by atoms with Gasteiger partial charge in [-0.1, -0.05) is 12.1 Å². The molecule has 7 nitrogen and oxygen atoms in total. The van der Waals surface area contributed by atoms with Gasteiger partial charge in [0.15, 0.2) is 6.61 Å². The molecule has 0 unspecified atom stereocenters. The summed E-state index contributed by atoms with van der Waals surface area (Å²) in [6.45, 7) is 2.92. The van der Waals surface area contributed by atoms with Crippen LogP contribution in [-0.4, -0.2) is 36.5 Å². The molecule has 0 fully saturated rings. The van der Waals surface area contributed by atoms with Gasteiger partial charge in [-0.05, 0) is 37.1 Å². The van der Waals surface area contributed by atoms with Crippen LogP contribution in [0.3, 0.4) is 0 Å². The first kappa shape index (κ1) is 19.2. The smallest absolute Gasteiger partial charge is 0.355 e. The number of amides is 1. The molecular weight excluding hydrogens is 343 g/mol. The van der Waals surface area contributed by atoms with E-state index in [-0.39, 0.29) is 23.6 Å². The van der Waals surface area contributed by atoms with Gasteiger partial charge < -0.3 is 19.8 Å². The summed E-state index contributed by atoms with van der Waals surface area (Å²) in [5.41, 5.74) is 1.94. The number of carbonyl (C=O) groups excluding carboxylic acids is 3. The molecule has 0 atom stereocenters. The van der Waals surface area contributed by atoms with Crippen LogP contribution in [-0.2, 0) is 20.8 Å². The molecule has 138 valence electrons. The van der Waals surface area contributed by atoms with Gasteiger partial charge in [0, 0.05) is 12.2 Å². The lowest BCUT2D eigenvalue weighted by atomic mass is 10.1. The molecule has 0 radical (unpaired) electrons. The van der Waals surface area contributed by atoms with Crippen LogP contribution in [0.1, 0.15) is 37.7 Å². The number of rotatable bonds is 6. The number of aryl methyl sites for hydroxylation is 1. The number of hydrogen-bond donors (Lipinski definition) is 2. The average molecular weight is 362 g/mol. The summed E-state index contributed by atoms with van der Waals surface area (Å²) in [6, 6.07) is 5.66. The molecule has 0 aliphatic carbocycles. The maximum absolute atomic E-state index is 12.8. The average Bonchev–Trinajstić information content (AvgIpc) is 2.93. The number of carbonyl (C=O) groups is 3. The van der Waals surface area contributed by atoms with Crippen LogP contribution in [0.2, 0.25) is 0 Å². The van der Waals surface area contributed by atoms with Crippen molar-refractivity contribution in [3.8, 4) is 0 Å². The van der Waals surface area contributed by atoms with Gasteiger partial charge in [-0.15, -0.1) is 0 Å². The third kappa shape index (κ3) is 4.47. The van der Waals surface area contributed by atoms with Crippen molar-refractivity contribution < 1.29 is 28.2 Å². The zero-order chi connectivity index (χ0) is 19.3. The number of benzene rings is 1. The molecule has 1 heterocycles. The number of aromatic amines is 1. The summed E-state index contributed by atoms with van der Waals surface area (Å²) in [4.78, 5) is 38.4. The second-order valence-corrected chi connectivity index (χ2v) is 5.60.